The average molecular weight is 284 g/mol. The molecular weight excluding hydrogens is 266 g/mol. The van der Waals surface area contributed by atoms with Gasteiger partial charge in [0.2, 0.25) is 5.91 Å². The van der Waals surface area contributed by atoms with Gasteiger partial charge in [0, 0.05) is 23.9 Å². The van der Waals surface area contributed by atoms with Crippen molar-refractivity contribution in [2.45, 2.75) is 35.3 Å². The summed E-state index contributed by atoms with van der Waals surface area (Å²) in [5, 5.41) is 0.159. The minimum absolute atomic E-state index is 0.0398. The van der Waals surface area contributed by atoms with Crippen LogP contribution in [0.2, 0.25) is 0 Å². The quantitative estimate of drug-likeness (QED) is 0.791. The first-order valence-electron chi connectivity index (χ1n) is 6.21. The van der Waals surface area contributed by atoms with Crippen molar-refractivity contribution in [2.75, 3.05) is 13.6 Å². The molecule has 1 aliphatic heterocycles. The normalized spacial score (nSPS) is 19.4. The van der Waals surface area contributed by atoms with Crippen LogP contribution in [0.5, 0.6) is 0 Å². The Labute approximate surface area is 118 Å². The molecule has 98 valence electrons. The van der Waals surface area contributed by atoms with Crippen molar-refractivity contribution >= 4 is 29.3 Å². The van der Waals surface area contributed by atoms with Gasteiger partial charge in [-0.15, -0.1) is 23.4 Å². The van der Waals surface area contributed by atoms with Crippen LogP contribution in [0.3, 0.4) is 0 Å². The maximum Gasteiger partial charge on any atom is 0.236 e. The number of carbonyl (C=O) groups is 1. The monoisotopic (exact) mass is 283 g/mol. The topological polar surface area (TPSA) is 20.3 Å². The second-order valence-corrected chi connectivity index (χ2v) is 6.74. The van der Waals surface area contributed by atoms with Crippen LogP contribution in [-0.2, 0) is 11.2 Å². The fourth-order valence-corrected chi connectivity index (χ4v) is 3.46. The molecule has 2 unspecified atom stereocenters. The van der Waals surface area contributed by atoms with Crippen molar-refractivity contribution in [3.63, 3.8) is 0 Å². The van der Waals surface area contributed by atoms with Crippen molar-refractivity contribution in [2.24, 2.45) is 0 Å². The highest BCUT2D eigenvalue weighted by Gasteiger charge is 2.29. The van der Waals surface area contributed by atoms with Gasteiger partial charge >= 0.3 is 0 Å². The highest BCUT2D eigenvalue weighted by molar-refractivity contribution is 8.01. The Morgan fingerprint density at radius 2 is 2.28 bits per heavy atom. The summed E-state index contributed by atoms with van der Waals surface area (Å²) in [6.07, 6.45) is 1.69. The number of rotatable bonds is 4. The highest BCUT2D eigenvalue weighted by atomic mass is 35.5. The molecular formula is C14H18ClNOS. The van der Waals surface area contributed by atoms with Crippen LogP contribution in [0.4, 0.5) is 0 Å². The first kappa shape index (κ1) is 13.8. The maximum atomic E-state index is 12.3. The lowest BCUT2D eigenvalue weighted by Gasteiger charge is -2.21. The zero-order valence-corrected chi connectivity index (χ0v) is 12.3. The second-order valence-electron chi connectivity index (χ2n) is 4.75. The van der Waals surface area contributed by atoms with E-state index >= 15 is 0 Å². The summed E-state index contributed by atoms with van der Waals surface area (Å²) in [5.41, 5.74) is 1.29. The van der Waals surface area contributed by atoms with E-state index in [1.807, 2.05) is 31.0 Å². The molecule has 0 bridgehead atoms. The summed E-state index contributed by atoms with van der Waals surface area (Å²) >= 11 is 7.60. The lowest BCUT2D eigenvalue weighted by Crippen LogP contribution is -2.35. The summed E-state index contributed by atoms with van der Waals surface area (Å²) in [4.78, 5) is 15.3. The van der Waals surface area contributed by atoms with Crippen molar-refractivity contribution in [3.8, 4) is 0 Å². The molecule has 0 saturated heterocycles. The van der Waals surface area contributed by atoms with Gasteiger partial charge in [0.25, 0.3) is 0 Å². The molecule has 0 N–H and O–H groups in total. The molecule has 1 aromatic carbocycles. The Bertz CT molecular complexity index is 411. The number of halogens is 1. The Kier molecular flexibility index (Phi) is 4.57. The number of hydrogen-bond acceptors (Lipinski definition) is 2. The molecule has 0 spiro atoms. The molecule has 0 radical (unpaired) electrons. The SMILES string of the molecule is CC(Cl)CCN(C)C(=O)C1Cc2ccccc2S1. The minimum Gasteiger partial charge on any atom is -0.345 e. The molecule has 2 atom stereocenters. The molecule has 0 aliphatic carbocycles. The number of nitrogens with zero attached hydrogens (tertiary/aromatic N) is 1. The third-order valence-corrected chi connectivity index (χ3v) is 4.68. The van der Waals surface area contributed by atoms with Crippen LogP contribution in [0.25, 0.3) is 0 Å². The molecule has 4 heteroatoms. The Morgan fingerprint density at radius 3 is 2.94 bits per heavy atom. The fraction of sp³-hybridized carbons (Fsp3) is 0.500. The van der Waals surface area contributed by atoms with Crippen LogP contribution in [0.15, 0.2) is 29.2 Å². The Balaban J connectivity index is 1.92. The van der Waals surface area contributed by atoms with Crippen LogP contribution >= 0.6 is 23.4 Å². The lowest BCUT2D eigenvalue weighted by atomic mass is 10.1. The third kappa shape index (κ3) is 3.21. The molecule has 0 aromatic heterocycles. The number of hydrogen-bond donors (Lipinski definition) is 0. The number of carbonyl (C=O) groups excluding carboxylic acids is 1. The van der Waals surface area contributed by atoms with Gasteiger partial charge in [-0.25, -0.2) is 0 Å². The van der Waals surface area contributed by atoms with E-state index in [2.05, 4.69) is 12.1 Å². The zero-order valence-electron chi connectivity index (χ0n) is 10.7. The molecule has 1 amide bonds. The maximum absolute atomic E-state index is 12.3. The third-order valence-electron chi connectivity index (χ3n) is 3.16. The van der Waals surface area contributed by atoms with Crippen molar-refractivity contribution in [3.05, 3.63) is 29.8 Å². The summed E-state index contributed by atoms with van der Waals surface area (Å²) in [5.74, 6) is 0.216. The first-order valence-corrected chi connectivity index (χ1v) is 7.53. The Morgan fingerprint density at radius 1 is 1.56 bits per heavy atom. The summed E-state index contributed by atoms with van der Waals surface area (Å²) in [6.45, 7) is 2.69. The number of thioether (sulfide) groups is 1. The average Bonchev–Trinajstić information content (AvgIpc) is 2.78. The van der Waals surface area contributed by atoms with E-state index < -0.39 is 0 Å². The van der Waals surface area contributed by atoms with Gasteiger partial charge in [0.05, 0.1) is 5.25 Å². The number of benzene rings is 1. The van der Waals surface area contributed by atoms with Gasteiger partial charge in [-0.3, -0.25) is 4.79 Å². The summed E-state index contributed by atoms with van der Waals surface area (Å²) < 4.78 is 0. The van der Waals surface area contributed by atoms with Crippen molar-refractivity contribution < 1.29 is 4.79 Å². The van der Waals surface area contributed by atoms with Crippen LogP contribution < -0.4 is 0 Å². The molecule has 1 heterocycles. The summed E-state index contributed by atoms with van der Waals surface area (Å²) in [7, 11) is 1.87. The fourth-order valence-electron chi connectivity index (χ4n) is 2.05. The highest BCUT2D eigenvalue weighted by Crippen LogP contribution is 2.37. The number of fused-ring (bicyclic) bond motifs is 1. The van der Waals surface area contributed by atoms with E-state index in [4.69, 9.17) is 11.6 Å². The predicted molar refractivity (Wildman–Crippen MR) is 77.4 cm³/mol. The van der Waals surface area contributed by atoms with Crippen molar-refractivity contribution in [1.82, 2.24) is 4.90 Å². The molecule has 18 heavy (non-hydrogen) atoms. The molecule has 2 rings (SSSR count). The van der Waals surface area contributed by atoms with Gasteiger partial charge in [-0.2, -0.15) is 0 Å². The lowest BCUT2D eigenvalue weighted by molar-refractivity contribution is -0.129. The first-order chi connectivity index (χ1) is 8.58. The molecule has 1 aromatic rings. The van der Waals surface area contributed by atoms with E-state index in [1.54, 1.807) is 11.8 Å². The zero-order chi connectivity index (χ0) is 13.1. The van der Waals surface area contributed by atoms with E-state index in [-0.39, 0.29) is 16.5 Å². The van der Waals surface area contributed by atoms with Gasteiger partial charge in [0.1, 0.15) is 0 Å². The van der Waals surface area contributed by atoms with E-state index in [0.717, 1.165) is 19.4 Å². The van der Waals surface area contributed by atoms with Gasteiger partial charge < -0.3 is 4.90 Å². The van der Waals surface area contributed by atoms with Crippen LogP contribution in [0, 0.1) is 0 Å². The van der Waals surface area contributed by atoms with Crippen LogP contribution in [0.1, 0.15) is 18.9 Å². The molecule has 0 saturated carbocycles. The van der Waals surface area contributed by atoms with E-state index in [1.165, 1.54) is 10.5 Å². The Hall–Kier alpha value is -0.670. The van der Waals surface area contributed by atoms with Crippen molar-refractivity contribution in [1.29, 1.82) is 0 Å². The molecule has 0 fully saturated rings. The number of alkyl halides is 1. The van der Waals surface area contributed by atoms with Gasteiger partial charge in [-0.05, 0) is 31.4 Å². The molecule has 1 aliphatic rings. The summed E-state index contributed by atoms with van der Waals surface area (Å²) in [6, 6.07) is 8.26. The minimum atomic E-state index is 0.0398. The standard InChI is InChI=1S/C14H18ClNOS/c1-10(15)7-8-16(2)14(17)13-9-11-5-3-4-6-12(11)18-13/h3-6,10,13H,7-9H2,1-2H3. The van der Waals surface area contributed by atoms with E-state index in [9.17, 15) is 4.79 Å². The largest absolute Gasteiger partial charge is 0.345 e. The van der Waals surface area contributed by atoms with E-state index in [0.29, 0.717) is 0 Å². The van der Waals surface area contributed by atoms with Gasteiger partial charge in [0.15, 0.2) is 0 Å². The van der Waals surface area contributed by atoms with Crippen LogP contribution in [-0.4, -0.2) is 35.0 Å². The van der Waals surface area contributed by atoms with Gasteiger partial charge in [-0.1, -0.05) is 18.2 Å². The second kappa shape index (κ2) is 5.98. The molecule has 2 nitrogen and oxygen atoms in total. The smallest absolute Gasteiger partial charge is 0.236 e. The number of amides is 1. The predicted octanol–water partition coefficient (Wildman–Crippen LogP) is 3.18.